The Hall–Kier alpha value is -3.06. The summed E-state index contributed by atoms with van der Waals surface area (Å²) in [6.45, 7) is 3.88. The summed E-state index contributed by atoms with van der Waals surface area (Å²) in [5.41, 5.74) is 1.64. The maximum atomic E-state index is 12.9. The summed E-state index contributed by atoms with van der Waals surface area (Å²) in [4.78, 5) is 37.3. The predicted octanol–water partition coefficient (Wildman–Crippen LogP) is 4.41. The molecule has 2 aromatic carbocycles. The van der Waals surface area contributed by atoms with E-state index in [9.17, 15) is 14.4 Å². The molecule has 1 fully saturated rings. The third-order valence-corrected chi connectivity index (χ3v) is 5.46. The molecule has 0 saturated heterocycles. The van der Waals surface area contributed by atoms with Crippen molar-refractivity contribution in [3.8, 4) is 0 Å². The summed E-state index contributed by atoms with van der Waals surface area (Å²) in [6.07, 6.45) is 2.76. The first-order valence-corrected chi connectivity index (χ1v) is 10.8. The predicted molar refractivity (Wildman–Crippen MR) is 122 cm³/mol. The average molecular weight is 443 g/mol. The molecule has 0 radical (unpaired) electrons. The van der Waals surface area contributed by atoms with E-state index in [0.29, 0.717) is 22.0 Å². The lowest BCUT2D eigenvalue weighted by molar-refractivity contribution is -0.119. The third kappa shape index (κ3) is 6.72. The first-order valence-electron chi connectivity index (χ1n) is 10.4. The van der Waals surface area contributed by atoms with Gasteiger partial charge in [-0.15, -0.1) is 0 Å². The van der Waals surface area contributed by atoms with E-state index in [0.717, 1.165) is 19.3 Å². The summed E-state index contributed by atoms with van der Waals surface area (Å²) in [7, 11) is 0. The Morgan fingerprint density at radius 3 is 2.10 bits per heavy atom. The Morgan fingerprint density at radius 2 is 1.55 bits per heavy atom. The fourth-order valence-electron chi connectivity index (χ4n) is 2.96. The summed E-state index contributed by atoms with van der Waals surface area (Å²) < 4.78 is 0. The lowest BCUT2D eigenvalue weighted by Gasteiger charge is -2.23. The van der Waals surface area contributed by atoms with Gasteiger partial charge in [0, 0.05) is 28.0 Å². The van der Waals surface area contributed by atoms with Gasteiger partial charge in [-0.05, 0) is 67.3 Å². The molecule has 0 spiro atoms. The fourth-order valence-corrected chi connectivity index (χ4v) is 3.09. The minimum Gasteiger partial charge on any atom is -0.340 e. The topological polar surface area (TPSA) is 99.3 Å². The van der Waals surface area contributed by atoms with Crippen molar-refractivity contribution in [2.45, 2.75) is 45.2 Å². The van der Waals surface area contributed by atoms with Crippen LogP contribution in [0.15, 0.2) is 48.5 Å². The summed E-state index contributed by atoms with van der Waals surface area (Å²) in [6, 6.07) is 12.7. The normalized spacial score (nSPS) is 14.8. The van der Waals surface area contributed by atoms with Crippen molar-refractivity contribution >= 4 is 40.8 Å². The van der Waals surface area contributed by atoms with Gasteiger partial charge in [0.05, 0.1) is 0 Å². The first-order chi connectivity index (χ1) is 14.9. The molecule has 1 aliphatic carbocycles. The zero-order chi connectivity index (χ0) is 22.4. The number of halogens is 1. The van der Waals surface area contributed by atoms with Crippen LogP contribution < -0.4 is 21.3 Å². The fraction of sp³-hybridized carbons (Fsp3) is 0.348. The number of rotatable bonds is 8. The monoisotopic (exact) mass is 442 g/mol. The quantitative estimate of drug-likeness (QED) is 0.487. The zero-order valence-electron chi connectivity index (χ0n) is 17.6. The van der Waals surface area contributed by atoms with Gasteiger partial charge in [-0.3, -0.25) is 9.59 Å². The second-order valence-electron chi connectivity index (χ2n) is 7.78. The van der Waals surface area contributed by atoms with Gasteiger partial charge in [-0.1, -0.05) is 31.9 Å². The lowest BCUT2D eigenvalue weighted by Crippen LogP contribution is -2.47. The zero-order valence-corrected chi connectivity index (χ0v) is 18.3. The minimum atomic E-state index is -0.699. The molecule has 8 heteroatoms. The molecule has 0 aromatic heterocycles. The van der Waals surface area contributed by atoms with Crippen LogP contribution in [0, 0.1) is 5.92 Å². The maximum absolute atomic E-state index is 12.9. The minimum absolute atomic E-state index is 0.0664. The standard InChI is InChI=1S/C23H27ClN4O3/c1-3-14(2)20(28-21(29)15-4-6-16(24)7-5-15)22(30)25-17-8-10-18(11-9-17)26-23(31)27-19-12-13-19/h4-11,14,19-20H,3,12-13H2,1-2H3,(H,25,30)(H,28,29)(H2,26,27,31). The van der Waals surface area contributed by atoms with Gasteiger partial charge in [0.1, 0.15) is 6.04 Å². The molecule has 164 valence electrons. The van der Waals surface area contributed by atoms with Crippen molar-refractivity contribution in [1.29, 1.82) is 0 Å². The Bertz CT molecular complexity index is 927. The highest BCUT2D eigenvalue weighted by atomic mass is 35.5. The van der Waals surface area contributed by atoms with E-state index in [4.69, 9.17) is 11.6 Å². The molecule has 4 N–H and O–H groups in total. The van der Waals surface area contributed by atoms with Gasteiger partial charge >= 0.3 is 6.03 Å². The Morgan fingerprint density at radius 1 is 0.968 bits per heavy atom. The first kappa shape index (κ1) is 22.6. The van der Waals surface area contributed by atoms with Gasteiger partial charge in [0.2, 0.25) is 5.91 Å². The van der Waals surface area contributed by atoms with Gasteiger partial charge in [0.25, 0.3) is 5.91 Å². The van der Waals surface area contributed by atoms with Crippen molar-refractivity contribution < 1.29 is 14.4 Å². The van der Waals surface area contributed by atoms with Crippen LogP contribution in [0.25, 0.3) is 0 Å². The van der Waals surface area contributed by atoms with Crippen LogP contribution >= 0.6 is 11.6 Å². The van der Waals surface area contributed by atoms with Crippen LogP contribution in [0.5, 0.6) is 0 Å². The molecule has 4 amide bonds. The molecule has 31 heavy (non-hydrogen) atoms. The number of hydrogen-bond donors (Lipinski definition) is 4. The number of anilines is 2. The van der Waals surface area contributed by atoms with Crippen molar-refractivity contribution in [2.24, 2.45) is 5.92 Å². The highest BCUT2D eigenvalue weighted by molar-refractivity contribution is 6.30. The molecule has 0 heterocycles. The Kier molecular flexibility index (Phi) is 7.52. The molecule has 2 aromatic rings. The Balaban J connectivity index is 1.61. The van der Waals surface area contributed by atoms with Crippen LogP contribution in [0.3, 0.4) is 0 Å². The van der Waals surface area contributed by atoms with Crippen molar-refractivity contribution in [3.05, 3.63) is 59.1 Å². The molecule has 1 aliphatic rings. The average Bonchev–Trinajstić information content (AvgIpc) is 3.57. The van der Waals surface area contributed by atoms with E-state index in [2.05, 4.69) is 21.3 Å². The molecular formula is C23H27ClN4O3. The van der Waals surface area contributed by atoms with Crippen LogP contribution in [0.1, 0.15) is 43.5 Å². The number of carbonyl (C=O) groups is 3. The van der Waals surface area contributed by atoms with E-state index in [1.807, 2.05) is 13.8 Å². The van der Waals surface area contributed by atoms with Crippen molar-refractivity contribution in [1.82, 2.24) is 10.6 Å². The number of urea groups is 1. The lowest BCUT2D eigenvalue weighted by atomic mass is 9.97. The number of amides is 4. The summed E-state index contributed by atoms with van der Waals surface area (Å²) in [5.74, 6) is -0.703. The SMILES string of the molecule is CCC(C)C(NC(=O)c1ccc(Cl)cc1)C(=O)Nc1ccc(NC(=O)NC2CC2)cc1. The maximum Gasteiger partial charge on any atom is 0.319 e. The van der Waals surface area contributed by atoms with Crippen molar-refractivity contribution in [2.75, 3.05) is 10.6 Å². The van der Waals surface area contributed by atoms with E-state index >= 15 is 0 Å². The van der Waals surface area contributed by atoms with Crippen molar-refractivity contribution in [3.63, 3.8) is 0 Å². The summed E-state index contributed by atoms with van der Waals surface area (Å²) >= 11 is 5.88. The smallest absolute Gasteiger partial charge is 0.319 e. The third-order valence-electron chi connectivity index (χ3n) is 5.21. The second kappa shape index (κ2) is 10.3. The van der Waals surface area contributed by atoms with E-state index in [-0.39, 0.29) is 29.8 Å². The van der Waals surface area contributed by atoms with Gasteiger partial charge in [-0.25, -0.2) is 4.79 Å². The highest BCUT2D eigenvalue weighted by Gasteiger charge is 2.26. The number of hydrogen-bond acceptors (Lipinski definition) is 3. The largest absolute Gasteiger partial charge is 0.340 e. The Labute approximate surface area is 186 Å². The molecule has 7 nitrogen and oxygen atoms in total. The molecule has 1 saturated carbocycles. The molecule has 0 aliphatic heterocycles. The number of nitrogens with one attached hydrogen (secondary N) is 4. The van der Waals surface area contributed by atoms with Crippen LogP contribution in [-0.2, 0) is 4.79 Å². The number of carbonyl (C=O) groups excluding carboxylic acids is 3. The van der Waals surface area contributed by atoms with Crippen LogP contribution in [0.4, 0.5) is 16.2 Å². The van der Waals surface area contributed by atoms with E-state index in [1.165, 1.54) is 0 Å². The van der Waals surface area contributed by atoms with Gasteiger partial charge in [-0.2, -0.15) is 0 Å². The van der Waals surface area contributed by atoms with Crippen LogP contribution in [0.2, 0.25) is 5.02 Å². The molecule has 2 atom stereocenters. The molecule has 3 rings (SSSR count). The number of benzene rings is 2. The second-order valence-corrected chi connectivity index (χ2v) is 8.22. The summed E-state index contributed by atoms with van der Waals surface area (Å²) in [5, 5.41) is 11.8. The van der Waals surface area contributed by atoms with Gasteiger partial charge < -0.3 is 21.3 Å². The van der Waals surface area contributed by atoms with E-state index < -0.39 is 6.04 Å². The van der Waals surface area contributed by atoms with Crippen LogP contribution in [-0.4, -0.2) is 29.9 Å². The van der Waals surface area contributed by atoms with Gasteiger partial charge in [0.15, 0.2) is 0 Å². The molecular weight excluding hydrogens is 416 g/mol. The molecule has 2 unspecified atom stereocenters. The molecule has 0 bridgehead atoms. The highest BCUT2D eigenvalue weighted by Crippen LogP contribution is 2.20. The van der Waals surface area contributed by atoms with E-state index in [1.54, 1.807) is 48.5 Å².